The topological polar surface area (TPSA) is 37.4 Å². The Balaban J connectivity index is 2.24. The van der Waals surface area contributed by atoms with Crippen molar-refractivity contribution in [1.82, 2.24) is 4.90 Å². The van der Waals surface area contributed by atoms with E-state index in [2.05, 4.69) is 4.90 Å². The summed E-state index contributed by atoms with van der Waals surface area (Å²) in [6, 6.07) is 0. The molecule has 0 aromatic rings. The van der Waals surface area contributed by atoms with E-state index in [0.717, 1.165) is 25.9 Å². The molecule has 0 radical (unpaired) electrons. The van der Waals surface area contributed by atoms with Gasteiger partial charge in [-0.2, -0.15) is 0 Å². The smallest absolute Gasteiger partial charge is 0.154 e. The lowest BCUT2D eigenvalue weighted by Crippen LogP contribution is -2.35. The van der Waals surface area contributed by atoms with Crippen molar-refractivity contribution in [1.29, 1.82) is 0 Å². The van der Waals surface area contributed by atoms with Crippen molar-refractivity contribution >= 4 is 9.84 Å². The summed E-state index contributed by atoms with van der Waals surface area (Å²) in [5.41, 5.74) is 0. The Morgan fingerprint density at radius 1 is 1.33 bits per heavy atom. The second-order valence-electron chi connectivity index (χ2n) is 4.03. The third kappa shape index (κ3) is 1.27. The molecular weight excluding hydrogens is 174 g/mol. The van der Waals surface area contributed by atoms with Crippen molar-refractivity contribution in [2.45, 2.75) is 18.1 Å². The number of hydrogen-bond donors (Lipinski definition) is 0. The van der Waals surface area contributed by atoms with E-state index in [1.807, 2.05) is 7.05 Å². The molecule has 2 aliphatic heterocycles. The van der Waals surface area contributed by atoms with Gasteiger partial charge in [0.1, 0.15) is 0 Å². The lowest BCUT2D eigenvalue weighted by atomic mass is 10.0. The van der Waals surface area contributed by atoms with Crippen molar-refractivity contribution in [3.63, 3.8) is 0 Å². The second-order valence-corrected chi connectivity index (χ2v) is 6.37. The minimum atomic E-state index is -2.73. The molecule has 12 heavy (non-hydrogen) atoms. The first-order valence-corrected chi connectivity index (χ1v) is 6.21. The summed E-state index contributed by atoms with van der Waals surface area (Å²) in [6.07, 6.45) is 1.98. The van der Waals surface area contributed by atoms with Gasteiger partial charge in [-0.05, 0) is 25.8 Å². The van der Waals surface area contributed by atoms with Gasteiger partial charge in [-0.25, -0.2) is 8.42 Å². The fourth-order valence-electron chi connectivity index (χ4n) is 2.43. The zero-order valence-corrected chi connectivity index (χ0v) is 8.18. The Hall–Kier alpha value is -0.0900. The molecule has 2 rings (SSSR count). The number of nitrogens with zero attached hydrogens (tertiary/aromatic N) is 1. The van der Waals surface area contributed by atoms with E-state index >= 15 is 0 Å². The Morgan fingerprint density at radius 2 is 2.08 bits per heavy atom. The molecule has 0 saturated carbocycles. The zero-order valence-electron chi connectivity index (χ0n) is 7.36. The Morgan fingerprint density at radius 3 is 2.75 bits per heavy atom. The maximum absolute atomic E-state index is 11.6. The standard InChI is InChI=1S/C8H15NO2S/c1-9-5-7-3-2-4-12(10,11)8(7)6-9/h7-8H,2-6H2,1H3. The molecule has 2 atom stereocenters. The van der Waals surface area contributed by atoms with Crippen molar-refractivity contribution < 1.29 is 8.42 Å². The average molecular weight is 189 g/mol. The molecule has 0 aliphatic carbocycles. The van der Waals surface area contributed by atoms with E-state index in [1.54, 1.807) is 0 Å². The molecule has 0 spiro atoms. The largest absolute Gasteiger partial charge is 0.305 e. The van der Waals surface area contributed by atoms with Gasteiger partial charge >= 0.3 is 0 Å². The van der Waals surface area contributed by atoms with Crippen LogP contribution in [0.5, 0.6) is 0 Å². The predicted octanol–water partition coefficient (Wildman–Crippen LogP) is 0.125. The molecule has 70 valence electrons. The van der Waals surface area contributed by atoms with Gasteiger partial charge in [0.15, 0.2) is 9.84 Å². The molecule has 3 nitrogen and oxygen atoms in total. The number of likely N-dealkylation sites (tertiary alicyclic amines) is 1. The summed E-state index contributed by atoms with van der Waals surface area (Å²) in [7, 11) is -0.727. The zero-order chi connectivity index (χ0) is 8.77. The van der Waals surface area contributed by atoms with Gasteiger partial charge in [0.05, 0.1) is 11.0 Å². The third-order valence-electron chi connectivity index (χ3n) is 3.03. The summed E-state index contributed by atoms with van der Waals surface area (Å²) in [4.78, 5) is 2.14. The van der Waals surface area contributed by atoms with E-state index in [9.17, 15) is 8.42 Å². The number of fused-ring (bicyclic) bond motifs is 1. The Labute approximate surface area is 73.7 Å². The predicted molar refractivity (Wildman–Crippen MR) is 47.8 cm³/mol. The fraction of sp³-hybridized carbons (Fsp3) is 1.00. The molecule has 2 unspecified atom stereocenters. The van der Waals surface area contributed by atoms with Crippen molar-refractivity contribution in [2.75, 3.05) is 25.9 Å². The lowest BCUT2D eigenvalue weighted by Gasteiger charge is -2.23. The Bertz CT molecular complexity index is 273. The average Bonchev–Trinajstić information content (AvgIpc) is 2.30. The number of sulfone groups is 1. The molecule has 2 fully saturated rings. The van der Waals surface area contributed by atoms with Gasteiger partial charge in [-0.1, -0.05) is 0 Å². The first-order chi connectivity index (χ1) is 5.59. The van der Waals surface area contributed by atoms with Crippen LogP contribution >= 0.6 is 0 Å². The second kappa shape index (κ2) is 2.70. The molecule has 0 bridgehead atoms. The van der Waals surface area contributed by atoms with Crippen LogP contribution in [0.4, 0.5) is 0 Å². The van der Waals surface area contributed by atoms with Crippen LogP contribution in [0.1, 0.15) is 12.8 Å². The van der Waals surface area contributed by atoms with Crippen LogP contribution in [0, 0.1) is 5.92 Å². The SMILES string of the molecule is CN1CC2CCCS(=O)(=O)C2C1. The summed E-state index contributed by atoms with van der Waals surface area (Å²) in [5, 5.41) is -0.0451. The van der Waals surface area contributed by atoms with Crippen LogP contribution < -0.4 is 0 Å². The van der Waals surface area contributed by atoms with Gasteiger partial charge in [-0.3, -0.25) is 0 Å². The van der Waals surface area contributed by atoms with Crippen molar-refractivity contribution in [2.24, 2.45) is 5.92 Å². The maximum Gasteiger partial charge on any atom is 0.154 e. The van der Waals surface area contributed by atoms with Crippen molar-refractivity contribution in [3.05, 3.63) is 0 Å². The van der Waals surface area contributed by atoms with Crippen LogP contribution in [-0.2, 0) is 9.84 Å². The highest BCUT2D eigenvalue weighted by Crippen LogP contribution is 2.31. The van der Waals surface area contributed by atoms with Crippen LogP contribution in [0.3, 0.4) is 0 Å². The summed E-state index contributed by atoms with van der Waals surface area (Å²) >= 11 is 0. The van der Waals surface area contributed by atoms with E-state index < -0.39 is 9.84 Å². The van der Waals surface area contributed by atoms with Crippen LogP contribution in [0.25, 0.3) is 0 Å². The molecule has 0 amide bonds. The molecule has 2 heterocycles. The highest BCUT2D eigenvalue weighted by Gasteiger charge is 2.42. The van der Waals surface area contributed by atoms with Gasteiger partial charge in [0.25, 0.3) is 0 Å². The Kier molecular flexibility index (Phi) is 1.92. The minimum Gasteiger partial charge on any atom is -0.305 e. The van der Waals surface area contributed by atoms with E-state index in [-0.39, 0.29) is 5.25 Å². The third-order valence-corrected chi connectivity index (χ3v) is 5.34. The number of rotatable bonds is 0. The molecule has 0 aromatic carbocycles. The molecule has 0 N–H and O–H groups in total. The van der Waals surface area contributed by atoms with Crippen LogP contribution in [0.15, 0.2) is 0 Å². The highest BCUT2D eigenvalue weighted by molar-refractivity contribution is 7.92. The van der Waals surface area contributed by atoms with E-state index in [0.29, 0.717) is 11.7 Å². The molecule has 0 aromatic heterocycles. The van der Waals surface area contributed by atoms with Crippen molar-refractivity contribution in [3.8, 4) is 0 Å². The van der Waals surface area contributed by atoms with Crippen LogP contribution in [-0.4, -0.2) is 44.5 Å². The highest BCUT2D eigenvalue weighted by atomic mass is 32.2. The van der Waals surface area contributed by atoms with Crippen LogP contribution in [0.2, 0.25) is 0 Å². The normalized spacial score (nSPS) is 41.1. The molecule has 2 aliphatic rings. The lowest BCUT2D eigenvalue weighted by molar-refractivity contribution is 0.386. The van der Waals surface area contributed by atoms with E-state index in [4.69, 9.17) is 0 Å². The monoisotopic (exact) mass is 189 g/mol. The maximum atomic E-state index is 11.6. The molecule has 2 saturated heterocycles. The molecule has 4 heteroatoms. The molecular formula is C8H15NO2S. The summed E-state index contributed by atoms with van der Waals surface area (Å²) in [6.45, 7) is 1.73. The summed E-state index contributed by atoms with van der Waals surface area (Å²) < 4.78 is 23.2. The quantitative estimate of drug-likeness (QED) is 0.543. The fourth-order valence-corrected chi connectivity index (χ4v) is 4.59. The van der Waals surface area contributed by atoms with Gasteiger partial charge in [0, 0.05) is 13.1 Å². The number of hydrogen-bond acceptors (Lipinski definition) is 3. The van der Waals surface area contributed by atoms with E-state index in [1.165, 1.54) is 0 Å². The summed E-state index contributed by atoms with van der Waals surface area (Å²) in [5.74, 6) is 0.843. The van der Waals surface area contributed by atoms with Gasteiger partial charge in [0.2, 0.25) is 0 Å². The van der Waals surface area contributed by atoms with Gasteiger partial charge < -0.3 is 4.90 Å². The van der Waals surface area contributed by atoms with Gasteiger partial charge in [-0.15, -0.1) is 0 Å². The first-order valence-electron chi connectivity index (χ1n) is 4.50. The minimum absolute atomic E-state index is 0.0451. The first kappa shape index (κ1) is 8.51.